The Labute approximate surface area is 96.9 Å². The van der Waals surface area contributed by atoms with Crippen LogP contribution in [0.4, 0.5) is 0 Å². The van der Waals surface area contributed by atoms with E-state index in [9.17, 15) is 4.21 Å². The van der Waals surface area contributed by atoms with Gasteiger partial charge in [0, 0.05) is 22.7 Å². The van der Waals surface area contributed by atoms with E-state index in [0.717, 1.165) is 16.2 Å². The first-order valence-electron chi connectivity index (χ1n) is 6.23. The van der Waals surface area contributed by atoms with Crippen molar-refractivity contribution in [2.75, 3.05) is 6.18 Å². The van der Waals surface area contributed by atoms with Crippen molar-refractivity contribution in [2.24, 2.45) is 0 Å². The minimum absolute atomic E-state index is 0.0983. The molecule has 1 aliphatic heterocycles. The highest BCUT2D eigenvalue weighted by molar-refractivity contribution is 7.79. The molecule has 1 aromatic carbocycles. The van der Waals surface area contributed by atoms with Crippen molar-refractivity contribution >= 4 is 23.2 Å². The summed E-state index contributed by atoms with van der Waals surface area (Å²) in [7, 11) is 0. The van der Waals surface area contributed by atoms with Crippen molar-refractivity contribution in [3.05, 3.63) is 47.8 Å². The molecule has 15 heavy (non-hydrogen) atoms. The van der Waals surface area contributed by atoms with Crippen LogP contribution in [-0.2, 0) is 15.4 Å². The lowest BCUT2D eigenvalue weighted by Gasteiger charge is -2.10. The standard InChI is InChI=1S/C11H11NO2S/c1-15(13)14-12-8-6-10-4-2-3-5-11(10)7-9-12/h2-9H,1H3/i1D3,8D. The van der Waals surface area contributed by atoms with Gasteiger partial charge in [-0.2, -0.15) is 4.28 Å². The summed E-state index contributed by atoms with van der Waals surface area (Å²) < 4.78 is 44.9. The van der Waals surface area contributed by atoms with Crippen LogP contribution in [0.1, 0.15) is 16.6 Å². The van der Waals surface area contributed by atoms with Gasteiger partial charge in [0.1, 0.15) is 0 Å². The fourth-order valence-electron chi connectivity index (χ4n) is 1.24. The molecule has 2 rings (SSSR count). The van der Waals surface area contributed by atoms with E-state index in [1.165, 1.54) is 12.3 Å². The summed E-state index contributed by atoms with van der Waals surface area (Å²) in [4.78, 5) is 0. The van der Waals surface area contributed by atoms with Gasteiger partial charge < -0.3 is 0 Å². The van der Waals surface area contributed by atoms with E-state index in [1.807, 2.05) is 24.3 Å². The van der Waals surface area contributed by atoms with Crippen LogP contribution in [0.5, 0.6) is 0 Å². The summed E-state index contributed by atoms with van der Waals surface area (Å²) in [5, 5.41) is 0.877. The number of hydrogen-bond donors (Lipinski definition) is 0. The summed E-state index contributed by atoms with van der Waals surface area (Å²) in [6.07, 6.45) is 1.69. The highest BCUT2D eigenvalue weighted by atomic mass is 32.2. The number of nitrogens with zero attached hydrogens (tertiary/aromatic N) is 1. The lowest BCUT2D eigenvalue weighted by molar-refractivity contribution is 0.0690. The summed E-state index contributed by atoms with van der Waals surface area (Å²) in [6, 6.07) is 7.34. The van der Waals surface area contributed by atoms with E-state index in [2.05, 4.69) is 0 Å². The first-order chi connectivity index (χ1) is 8.88. The Balaban J connectivity index is 2.25. The molecule has 3 nitrogen and oxygen atoms in total. The van der Waals surface area contributed by atoms with Crippen molar-refractivity contribution in [3.8, 4) is 0 Å². The van der Waals surface area contributed by atoms with E-state index >= 15 is 0 Å². The van der Waals surface area contributed by atoms with Crippen LogP contribution in [0, 0.1) is 0 Å². The summed E-state index contributed by atoms with van der Waals surface area (Å²) in [5.41, 5.74) is 1.66. The maximum Gasteiger partial charge on any atom is 0.177 e. The van der Waals surface area contributed by atoms with Gasteiger partial charge in [-0.15, -0.1) is 0 Å². The quantitative estimate of drug-likeness (QED) is 0.772. The molecule has 0 saturated heterocycles. The van der Waals surface area contributed by atoms with Gasteiger partial charge in [0.2, 0.25) is 0 Å². The monoisotopic (exact) mass is 225 g/mol. The fourth-order valence-corrected chi connectivity index (χ4v) is 1.48. The van der Waals surface area contributed by atoms with Crippen LogP contribution in [-0.4, -0.2) is 15.5 Å². The van der Waals surface area contributed by atoms with Gasteiger partial charge in [0.05, 0.1) is 1.37 Å². The molecular formula is C11H11NO2S. The molecule has 0 radical (unpaired) electrons. The van der Waals surface area contributed by atoms with Gasteiger partial charge in [0.25, 0.3) is 0 Å². The molecule has 0 saturated carbocycles. The zero-order valence-electron chi connectivity index (χ0n) is 11.7. The predicted octanol–water partition coefficient (Wildman–Crippen LogP) is 2.17. The summed E-state index contributed by atoms with van der Waals surface area (Å²) in [6.45, 7) is 0. The summed E-state index contributed by atoms with van der Waals surface area (Å²) >= 11 is -2.51. The Bertz CT molecular complexity index is 568. The Kier molecular flexibility index (Phi) is 1.84. The molecule has 1 unspecified atom stereocenters. The number of hydrogen-bond acceptors (Lipinski definition) is 3. The minimum Gasteiger partial charge on any atom is -0.228 e. The molecule has 1 aliphatic rings. The van der Waals surface area contributed by atoms with E-state index in [1.54, 1.807) is 6.08 Å². The van der Waals surface area contributed by atoms with Gasteiger partial charge in [0.15, 0.2) is 11.1 Å². The van der Waals surface area contributed by atoms with Crippen molar-refractivity contribution < 1.29 is 14.0 Å². The SMILES string of the molecule is [2H]C1=Cc2ccccc2C=CN1OS(=O)C([2H])([2H])[2H]. The van der Waals surface area contributed by atoms with Crippen molar-refractivity contribution in [2.45, 2.75) is 0 Å². The van der Waals surface area contributed by atoms with Crippen molar-refractivity contribution in [1.29, 1.82) is 0 Å². The van der Waals surface area contributed by atoms with Crippen LogP contribution in [0.15, 0.2) is 36.6 Å². The number of benzene rings is 1. The van der Waals surface area contributed by atoms with E-state index in [0.29, 0.717) is 0 Å². The average Bonchev–Trinajstić information content (AvgIpc) is 2.48. The Morgan fingerprint density at radius 1 is 1.40 bits per heavy atom. The number of rotatable bonds is 2. The molecule has 4 heteroatoms. The summed E-state index contributed by atoms with van der Waals surface area (Å²) in [5.74, 6) is 0. The van der Waals surface area contributed by atoms with Crippen LogP contribution in [0.3, 0.4) is 0 Å². The largest absolute Gasteiger partial charge is 0.228 e. The maximum absolute atomic E-state index is 11.4. The maximum atomic E-state index is 11.4. The second-order valence-electron chi connectivity index (χ2n) is 2.85. The Morgan fingerprint density at radius 3 is 2.87 bits per heavy atom. The van der Waals surface area contributed by atoms with Gasteiger partial charge >= 0.3 is 0 Å². The normalized spacial score (nSPS) is 21.3. The minimum atomic E-state index is -2.74. The third kappa shape index (κ3) is 2.55. The molecule has 0 bridgehead atoms. The van der Waals surface area contributed by atoms with Gasteiger partial charge in [-0.1, -0.05) is 24.3 Å². The fraction of sp³-hybridized carbons (Fsp3) is 0.0909. The lowest BCUT2D eigenvalue weighted by Crippen LogP contribution is -2.10. The van der Waals surface area contributed by atoms with Gasteiger partial charge in [-0.05, 0) is 23.3 Å². The molecule has 0 amide bonds. The molecule has 1 aromatic rings. The second kappa shape index (κ2) is 4.42. The molecular weight excluding hydrogens is 210 g/mol. The molecule has 0 N–H and O–H groups in total. The smallest absolute Gasteiger partial charge is 0.177 e. The van der Waals surface area contributed by atoms with Crippen molar-refractivity contribution in [3.63, 3.8) is 0 Å². The topological polar surface area (TPSA) is 29.5 Å². The zero-order valence-corrected chi connectivity index (χ0v) is 8.53. The number of fused-ring (bicyclic) bond motifs is 1. The number of hydroxylamine groups is 2. The van der Waals surface area contributed by atoms with Gasteiger partial charge in [-0.3, -0.25) is 0 Å². The lowest BCUT2D eigenvalue weighted by atomic mass is 10.1. The molecule has 0 spiro atoms. The van der Waals surface area contributed by atoms with E-state index in [-0.39, 0.29) is 6.18 Å². The molecule has 0 fully saturated rings. The average molecular weight is 225 g/mol. The van der Waals surface area contributed by atoms with Crippen molar-refractivity contribution in [1.82, 2.24) is 5.06 Å². The molecule has 0 aromatic heterocycles. The first-order valence-corrected chi connectivity index (χ1v) is 5.30. The highest BCUT2D eigenvalue weighted by Gasteiger charge is 2.03. The van der Waals surface area contributed by atoms with Gasteiger partial charge in [-0.25, -0.2) is 9.27 Å². The molecule has 0 aliphatic carbocycles. The predicted molar refractivity (Wildman–Crippen MR) is 61.5 cm³/mol. The van der Waals surface area contributed by atoms with Crippen LogP contribution in [0.2, 0.25) is 0 Å². The Morgan fingerprint density at radius 2 is 2.13 bits per heavy atom. The first kappa shape index (κ1) is 6.25. The Hall–Kier alpha value is -1.39. The molecule has 1 atom stereocenters. The highest BCUT2D eigenvalue weighted by Crippen LogP contribution is 2.17. The van der Waals surface area contributed by atoms with Crippen LogP contribution in [0.25, 0.3) is 12.2 Å². The zero-order chi connectivity index (χ0) is 14.0. The van der Waals surface area contributed by atoms with E-state index < -0.39 is 17.3 Å². The van der Waals surface area contributed by atoms with E-state index in [4.69, 9.17) is 9.77 Å². The molecule has 1 heterocycles. The third-order valence-electron chi connectivity index (χ3n) is 1.88. The van der Waals surface area contributed by atoms with Crippen LogP contribution < -0.4 is 0 Å². The van der Waals surface area contributed by atoms with Crippen LogP contribution >= 0.6 is 0 Å². The second-order valence-corrected chi connectivity index (χ2v) is 3.47. The third-order valence-corrected chi connectivity index (χ3v) is 2.18. The molecule has 78 valence electrons.